The Hall–Kier alpha value is -1.52. The molecule has 0 spiro atoms. The third kappa shape index (κ3) is 6.60. The lowest BCUT2D eigenvalue weighted by Crippen LogP contribution is -2.46. The molecule has 1 atom stereocenters. The Morgan fingerprint density at radius 3 is 2.18 bits per heavy atom. The van der Waals surface area contributed by atoms with Crippen LogP contribution in [0.15, 0.2) is 12.8 Å². The monoisotopic (exact) mass is 243 g/mol. The highest BCUT2D eigenvalue weighted by Crippen LogP contribution is 2.09. The Bertz CT molecular complexity index is 291. The van der Waals surface area contributed by atoms with Crippen LogP contribution < -0.4 is 5.32 Å². The molecule has 0 heterocycles. The summed E-state index contributed by atoms with van der Waals surface area (Å²) < 4.78 is 9.71. The van der Waals surface area contributed by atoms with E-state index in [0.29, 0.717) is 0 Å². The molecule has 0 saturated heterocycles. The van der Waals surface area contributed by atoms with Crippen molar-refractivity contribution in [2.75, 3.05) is 0 Å². The number of amides is 1. The van der Waals surface area contributed by atoms with Crippen LogP contribution in [0.3, 0.4) is 0 Å². The van der Waals surface area contributed by atoms with Crippen LogP contribution in [-0.4, -0.2) is 23.7 Å². The summed E-state index contributed by atoms with van der Waals surface area (Å²) in [5.41, 5.74) is -0.603. The van der Waals surface area contributed by atoms with Crippen LogP contribution in [0.25, 0.3) is 0 Å². The van der Waals surface area contributed by atoms with Gasteiger partial charge in [0.15, 0.2) is 0 Å². The summed E-state index contributed by atoms with van der Waals surface area (Å²) >= 11 is 0. The van der Waals surface area contributed by atoms with E-state index in [2.05, 4.69) is 16.6 Å². The van der Waals surface area contributed by atoms with E-state index in [0.717, 1.165) is 6.26 Å². The van der Waals surface area contributed by atoms with Crippen molar-refractivity contribution in [3.8, 4) is 0 Å². The van der Waals surface area contributed by atoms with Crippen molar-refractivity contribution in [3.05, 3.63) is 12.8 Å². The first-order valence-corrected chi connectivity index (χ1v) is 5.48. The van der Waals surface area contributed by atoms with Gasteiger partial charge in [0, 0.05) is 0 Å². The summed E-state index contributed by atoms with van der Waals surface area (Å²) in [6, 6.07) is -0.747. The zero-order valence-corrected chi connectivity index (χ0v) is 11.1. The summed E-state index contributed by atoms with van der Waals surface area (Å²) in [4.78, 5) is 23.0. The summed E-state index contributed by atoms with van der Waals surface area (Å²) in [5.74, 6) is -0.657. The van der Waals surface area contributed by atoms with Crippen molar-refractivity contribution in [1.29, 1.82) is 0 Å². The maximum absolute atomic E-state index is 11.5. The number of carbonyl (C=O) groups excluding carboxylic acids is 2. The molecular formula is C12H21NO4. The Kier molecular flexibility index (Phi) is 5.71. The second-order valence-electron chi connectivity index (χ2n) is 4.97. The molecule has 0 aliphatic rings. The number of esters is 1. The lowest BCUT2D eigenvalue weighted by Gasteiger charge is -2.24. The van der Waals surface area contributed by atoms with E-state index in [4.69, 9.17) is 4.74 Å². The van der Waals surface area contributed by atoms with E-state index >= 15 is 0 Å². The number of alkyl carbamates (subject to hydrolysis) is 1. The largest absolute Gasteiger partial charge is 0.444 e. The molecule has 0 saturated carbocycles. The third-order valence-electron chi connectivity index (χ3n) is 1.79. The molecule has 0 fully saturated rings. The molecule has 1 amide bonds. The third-order valence-corrected chi connectivity index (χ3v) is 1.79. The molecule has 0 unspecified atom stereocenters. The van der Waals surface area contributed by atoms with Crippen molar-refractivity contribution in [2.45, 2.75) is 46.3 Å². The van der Waals surface area contributed by atoms with Gasteiger partial charge >= 0.3 is 12.1 Å². The molecule has 0 rings (SSSR count). The zero-order valence-electron chi connectivity index (χ0n) is 11.1. The molecule has 0 aliphatic carbocycles. The standard InChI is InChI=1S/C12H21NO4/c1-7-16-10(14)9(8(2)3)13-11(15)17-12(4,5)6/h7-9H,1H2,2-6H3,(H,13,15)/t9-/m0/s1. The van der Waals surface area contributed by atoms with Crippen LogP contribution in [-0.2, 0) is 14.3 Å². The normalized spacial score (nSPS) is 12.8. The number of hydrogen-bond acceptors (Lipinski definition) is 4. The fourth-order valence-corrected chi connectivity index (χ4v) is 1.09. The van der Waals surface area contributed by atoms with Gasteiger partial charge in [-0.2, -0.15) is 0 Å². The highest BCUT2D eigenvalue weighted by Gasteiger charge is 2.27. The van der Waals surface area contributed by atoms with Crippen molar-refractivity contribution < 1.29 is 19.1 Å². The van der Waals surface area contributed by atoms with Gasteiger partial charge in [0.25, 0.3) is 0 Å². The van der Waals surface area contributed by atoms with E-state index in [1.54, 1.807) is 34.6 Å². The smallest absolute Gasteiger partial charge is 0.408 e. The highest BCUT2D eigenvalue weighted by molar-refractivity contribution is 5.82. The van der Waals surface area contributed by atoms with Crippen LogP contribution in [0.2, 0.25) is 0 Å². The van der Waals surface area contributed by atoms with E-state index < -0.39 is 23.7 Å². The molecule has 5 nitrogen and oxygen atoms in total. The maximum Gasteiger partial charge on any atom is 0.408 e. The number of nitrogens with one attached hydrogen (secondary N) is 1. The summed E-state index contributed by atoms with van der Waals surface area (Å²) in [7, 11) is 0. The molecule has 98 valence electrons. The first kappa shape index (κ1) is 15.5. The fourth-order valence-electron chi connectivity index (χ4n) is 1.09. The lowest BCUT2D eigenvalue weighted by atomic mass is 10.1. The molecule has 0 bridgehead atoms. The highest BCUT2D eigenvalue weighted by atomic mass is 16.6. The minimum absolute atomic E-state index is 0.102. The van der Waals surface area contributed by atoms with E-state index in [9.17, 15) is 9.59 Å². The van der Waals surface area contributed by atoms with E-state index in [1.807, 2.05) is 0 Å². The molecule has 0 aromatic heterocycles. The Labute approximate surface area is 102 Å². The predicted molar refractivity (Wildman–Crippen MR) is 64.3 cm³/mol. The van der Waals surface area contributed by atoms with Gasteiger partial charge in [0.2, 0.25) is 0 Å². The Balaban J connectivity index is 4.50. The van der Waals surface area contributed by atoms with Crippen LogP contribution >= 0.6 is 0 Å². The quantitative estimate of drug-likeness (QED) is 0.607. The predicted octanol–water partition coefficient (Wildman–Crippen LogP) is 2.22. The number of hydrogen-bond donors (Lipinski definition) is 1. The van der Waals surface area contributed by atoms with Gasteiger partial charge in [-0.3, -0.25) is 0 Å². The Morgan fingerprint density at radius 1 is 1.29 bits per heavy atom. The molecule has 0 aliphatic heterocycles. The summed E-state index contributed by atoms with van der Waals surface area (Å²) in [6.45, 7) is 12.1. The minimum atomic E-state index is -0.747. The SMILES string of the molecule is C=COC(=O)[C@@H](NC(=O)OC(C)(C)C)C(C)C. The molecule has 1 N–H and O–H groups in total. The molecular weight excluding hydrogens is 222 g/mol. The van der Waals surface area contributed by atoms with E-state index in [1.165, 1.54) is 0 Å². The van der Waals surface area contributed by atoms with Gasteiger partial charge in [-0.05, 0) is 26.7 Å². The van der Waals surface area contributed by atoms with Gasteiger partial charge in [-0.1, -0.05) is 20.4 Å². The number of ether oxygens (including phenoxy) is 2. The van der Waals surface area contributed by atoms with Crippen molar-refractivity contribution >= 4 is 12.1 Å². The minimum Gasteiger partial charge on any atom is -0.444 e. The van der Waals surface area contributed by atoms with Crippen LogP contribution in [0.4, 0.5) is 4.79 Å². The fraction of sp³-hybridized carbons (Fsp3) is 0.667. The average molecular weight is 243 g/mol. The maximum atomic E-state index is 11.5. The average Bonchev–Trinajstić information content (AvgIpc) is 2.11. The topological polar surface area (TPSA) is 64.6 Å². The van der Waals surface area contributed by atoms with Crippen LogP contribution in [0.1, 0.15) is 34.6 Å². The first-order chi connectivity index (χ1) is 7.67. The second-order valence-corrected chi connectivity index (χ2v) is 4.97. The van der Waals surface area contributed by atoms with E-state index in [-0.39, 0.29) is 5.92 Å². The van der Waals surface area contributed by atoms with Crippen LogP contribution in [0.5, 0.6) is 0 Å². The Morgan fingerprint density at radius 2 is 1.82 bits per heavy atom. The first-order valence-electron chi connectivity index (χ1n) is 5.48. The second kappa shape index (κ2) is 6.27. The van der Waals surface area contributed by atoms with Gasteiger partial charge in [-0.15, -0.1) is 0 Å². The van der Waals surface area contributed by atoms with Crippen molar-refractivity contribution in [3.63, 3.8) is 0 Å². The van der Waals surface area contributed by atoms with Gasteiger partial charge in [0.1, 0.15) is 11.6 Å². The molecule has 0 aromatic carbocycles. The molecule has 0 radical (unpaired) electrons. The number of carbonyl (C=O) groups is 2. The molecule has 0 aromatic rings. The van der Waals surface area contributed by atoms with Crippen LogP contribution in [0, 0.1) is 5.92 Å². The summed E-state index contributed by atoms with van der Waals surface area (Å²) in [5, 5.41) is 2.47. The van der Waals surface area contributed by atoms with Gasteiger partial charge in [-0.25, -0.2) is 9.59 Å². The zero-order chi connectivity index (χ0) is 13.6. The van der Waals surface area contributed by atoms with Gasteiger partial charge in [0.05, 0.1) is 6.26 Å². The molecule has 5 heteroatoms. The van der Waals surface area contributed by atoms with Crippen molar-refractivity contribution in [1.82, 2.24) is 5.32 Å². The lowest BCUT2D eigenvalue weighted by molar-refractivity contribution is -0.141. The van der Waals surface area contributed by atoms with Crippen molar-refractivity contribution in [2.24, 2.45) is 5.92 Å². The summed E-state index contributed by atoms with van der Waals surface area (Å²) in [6.07, 6.45) is 0.395. The van der Waals surface area contributed by atoms with Gasteiger partial charge < -0.3 is 14.8 Å². The number of rotatable bonds is 4. The molecule has 17 heavy (non-hydrogen) atoms.